The average Bonchev–Trinajstić information content (AvgIpc) is 3.14. The molecule has 10 heteroatoms. The Kier molecular flexibility index (Phi) is 7.53. The number of methoxy groups -OCH3 is 1. The van der Waals surface area contributed by atoms with Gasteiger partial charge in [-0.3, -0.25) is 9.36 Å². The minimum atomic E-state index is -0.686. The zero-order chi connectivity index (χ0) is 25.3. The summed E-state index contributed by atoms with van der Waals surface area (Å²) in [5.74, 6) is -0.295. The maximum Gasteiger partial charge on any atom is 0.338 e. The molecule has 3 aromatic rings. The number of rotatable bonds is 6. The first-order chi connectivity index (χ1) is 16.8. The monoisotopic (exact) mass is 574 g/mol. The van der Waals surface area contributed by atoms with Crippen LogP contribution >= 0.6 is 39.0 Å². The Labute approximate surface area is 218 Å². The number of aromatic hydroxyl groups is 1. The van der Waals surface area contributed by atoms with Gasteiger partial charge in [-0.15, -0.1) is 11.8 Å². The Hall–Kier alpha value is -2.82. The van der Waals surface area contributed by atoms with E-state index in [0.29, 0.717) is 30.6 Å². The summed E-state index contributed by atoms with van der Waals surface area (Å²) in [7, 11) is 1.46. The molecule has 1 atom stereocenters. The number of allylic oxidation sites excluding steroid dienone is 1. The van der Waals surface area contributed by atoms with Crippen LogP contribution in [-0.4, -0.2) is 35.6 Å². The molecule has 1 N–H and O–H groups in total. The number of hydrogen-bond donors (Lipinski definition) is 1. The van der Waals surface area contributed by atoms with Crippen LogP contribution in [0.4, 0.5) is 0 Å². The van der Waals surface area contributed by atoms with Crippen molar-refractivity contribution in [2.45, 2.75) is 24.8 Å². The van der Waals surface area contributed by atoms with Crippen LogP contribution in [0.2, 0.25) is 0 Å². The molecule has 35 heavy (non-hydrogen) atoms. The fraction of sp³-hybridized carbons (Fsp3) is 0.240. The first kappa shape index (κ1) is 25.3. The Balaban J connectivity index is 1.96. The topological polar surface area (TPSA) is 90.1 Å². The number of halogens is 1. The Morgan fingerprint density at radius 3 is 2.66 bits per heavy atom. The smallest absolute Gasteiger partial charge is 0.338 e. The number of thiazole rings is 1. The summed E-state index contributed by atoms with van der Waals surface area (Å²) in [4.78, 5) is 32.8. The number of hydrogen-bond acceptors (Lipinski definition) is 8. The lowest BCUT2D eigenvalue weighted by atomic mass is 9.96. The summed E-state index contributed by atoms with van der Waals surface area (Å²) in [6, 6.07) is 10.4. The van der Waals surface area contributed by atoms with Crippen molar-refractivity contribution in [3.05, 3.63) is 83.0 Å². The van der Waals surface area contributed by atoms with Crippen LogP contribution in [0, 0.1) is 0 Å². The first-order valence-corrected chi connectivity index (χ1v) is 13.5. The number of fused-ring (bicyclic) bond motifs is 1. The summed E-state index contributed by atoms with van der Waals surface area (Å²) >= 11 is 6.21. The normalized spacial score (nSPS) is 15.6. The van der Waals surface area contributed by atoms with Crippen molar-refractivity contribution in [1.29, 1.82) is 0 Å². The largest absolute Gasteiger partial charge is 0.504 e. The molecular weight excluding hydrogens is 552 g/mol. The second-order valence-electron chi connectivity index (χ2n) is 7.62. The van der Waals surface area contributed by atoms with Gasteiger partial charge in [0.15, 0.2) is 16.3 Å². The minimum absolute atomic E-state index is 0.0749. The van der Waals surface area contributed by atoms with E-state index in [2.05, 4.69) is 20.9 Å². The molecule has 0 radical (unpaired) electrons. The lowest BCUT2D eigenvalue weighted by molar-refractivity contribution is -0.139. The lowest BCUT2D eigenvalue weighted by Crippen LogP contribution is -2.39. The van der Waals surface area contributed by atoms with Gasteiger partial charge in [-0.1, -0.05) is 39.4 Å². The van der Waals surface area contributed by atoms with E-state index in [1.54, 1.807) is 43.8 Å². The van der Waals surface area contributed by atoms with Gasteiger partial charge >= 0.3 is 5.97 Å². The Morgan fingerprint density at radius 2 is 2.03 bits per heavy atom. The van der Waals surface area contributed by atoms with E-state index >= 15 is 0 Å². The predicted molar refractivity (Wildman–Crippen MR) is 141 cm³/mol. The van der Waals surface area contributed by atoms with E-state index in [4.69, 9.17) is 9.47 Å². The molecule has 0 aliphatic carbocycles. The maximum absolute atomic E-state index is 13.7. The molecule has 0 bridgehead atoms. The number of phenolic OH excluding ortho intramolecular Hbond substituents is 1. The molecule has 0 saturated heterocycles. The second-order valence-corrected chi connectivity index (χ2v) is 10.4. The van der Waals surface area contributed by atoms with Gasteiger partial charge in [0.25, 0.3) is 5.56 Å². The highest BCUT2D eigenvalue weighted by Crippen LogP contribution is 2.34. The molecule has 4 rings (SSSR count). The molecule has 0 spiro atoms. The molecule has 1 aliphatic rings. The van der Waals surface area contributed by atoms with Crippen LogP contribution in [0.25, 0.3) is 6.08 Å². The molecular formula is C25H23BrN2O5S2. The molecule has 2 heterocycles. The standard InChI is InChI=1S/C25H23BrN2O5S2/c1-5-33-24(31)20-13(2)27-25-28(21(20)14-6-8-17(34-4)9-7-14)23(30)19(35-25)11-15-10-16(26)12-18(32-3)22(15)29/h6-12,21,29H,5H2,1-4H3/b19-11-/t21-/m0/s1. The quantitative estimate of drug-likeness (QED) is 0.353. The summed E-state index contributed by atoms with van der Waals surface area (Å²) < 4.78 is 13.1. The van der Waals surface area contributed by atoms with Crippen LogP contribution in [-0.2, 0) is 9.53 Å². The number of benzene rings is 2. The van der Waals surface area contributed by atoms with Crippen molar-refractivity contribution >= 4 is 51.1 Å². The van der Waals surface area contributed by atoms with Gasteiger partial charge in [-0.05, 0) is 56.0 Å². The number of phenols is 1. The van der Waals surface area contributed by atoms with E-state index < -0.39 is 12.0 Å². The number of esters is 1. The van der Waals surface area contributed by atoms with Crippen molar-refractivity contribution in [2.75, 3.05) is 20.0 Å². The van der Waals surface area contributed by atoms with Crippen LogP contribution in [0.3, 0.4) is 0 Å². The molecule has 0 fully saturated rings. The fourth-order valence-corrected chi connectivity index (χ4v) is 5.79. The van der Waals surface area contributed by atoms with Gasteiger partial charge in [0.1, 0.15) is 0 Å². The first-order valence-electron chi connectivity index (χ1n) is 10.7. The molecule has 2 aromatic carbocycles. The number of carbonyl (C=O) groups excluding carboxylic acids is 1. The number of ether oxygens (including phenoxy) is 2. The van der Waals surface area contributed by atoms with Gasteiger partial charge in [0.2, 0.25) is 0 Å². The fourth-order valence-electron chi connectivity index (χ4n) is 3.89. The number of carbonyl (C=O) groups is 1. The van der Waals surface area contributed by atoms with E-state index in [-0.39, 0.29) is 23.7 Å². The summed E-state index contributed by atoms with van der Waals surface area (Å²) in [5, 5.41) is 10.6. The number of nitrogens with zero attached hydrogens (tertiary/aromatic N) is 2. The van der Waals surface area contributed by atoms with Crippen LogP contribution in [0.5, 0.6) is 11.5 Å². The van der Waals surface area contributed by atoms with Crippen molar-refractivity contribution in [1.82, 2.24) is 4.57 Å². The third-order valence-electron chi connectivity index (χ3n) is 5.52. The summed E-state index contributed by atoms with van der Waals surface area (Å²) in [5.41, 5.74) is 1.71. The predicted octanol–water partition coefficient (Wildman–Crippen LogP) is 4.00. The van der Waals surface area contributed by atoms with Gasteiger partial charge in [-0.25, -0.2) is 9.79 Å². The van der Waals surface area contributed by atoms with E-state index in [1.807, 2.05) is 30.5 Å². The van der Waals surface area contributed by atoms with E-state index in [9.17, 15) is 14.7 Å². The van der Waals surface area contributed by atoms with Crippen LogP contribution < -0.4 is 19.6 Å². The van der Waals surface area contributed by atoms with Gasteiger partial charge in [0, 0.05) is 14.9 Å². The molecule has 0 unspecified atom stereocenters. The average molecular weight is 576 g/mol. The van der Waals surface area contributed by atoms with E-state index in [0.717, 1.165) is 10.5 Å². The highest BCUT2D eigenvalue weighted by molar-refractivity contribution is 9.10. The number of thioether (sulfide) groups is 1. The van der Waals surface area contributed by atoms with E-state index in [1.165, 1.54) is 23.0 Å². The molecule has 1 aliphatic heterocycles. The third kappa shape index (κ3) is 4.82. The number of aromatic nitrogens is 1. The Bertz CT molecular complexity index is 1510. The SMILES string of the molecule is CCOC(=O)C1=C(C)N=c2s/c(=C\c3cc(Br)cc(OC)c3O)c(=O)n2[C@H]1c1ccc(SC)cc1. The van der Waals surface area contributed by atoms with Gasteiger partial charge in [0.05, 0.1) is 35.6 Å². The van der Waals surface area contributed by atoms with Crippen molar-refractivity contribution in [3.63, 3.8) is 0 Å². The maximum atomic E-state index is 13.7. The molecule has 1 aromatic heterocycles. The van der Waals surface area contributed by atoms with Gasteiger partial charge < -0.3 is 14.6 Å². The molecule has 182 valence electrons. The van der Waals surface area contributed by atoms with Crippen LogP contribution in [0.1, 0.15) is 31.0 Å². The summed E-state index contributed by atoms with van der Waals surface area (Å²) in [6.07, 6.45) is 3.59. The minimum Gasteiger partial charge on any atom is -0.504 e. The van der Waals surface area contributed by atoms with Crippen molar-refractivity contribution in [3.8, 4) is 11.5 Å². The van der Waals surface area contributed by atoms with Crippen molar-refractivity contribution < 1.29 is 19.4 Å². The molecule has 0 saturated carbocycles. The zero-order valence-electron chi connectivity index (χ0n) is 19.5. The third-order valence-corrected chi connectivity index (χ3v) is 7.71. The molecule has 0 amide bonds. The lowest BCUT2D eigenvalue weighted by Gasteiger charge is -2.24. The van der Waals surface area contributed by atoms with Crippen LogP contribution in [0.15, 0.2) is 66.8 Å². The van der Waals surface area contributed by atoms with Gasteiger partial charge in [-0.2, -0.15) is 0 Å². The molecule has 7 nitrogen and oxygen atoms in total. The zero-order valence-corrected chi connectivity index (χ0v) is 22.7. The van der Waals surface area contributed by atoms with Crippen molar-refractivity contribution in [2.24, 2.45) is 4.99 Å². The highest BCUT2D eigenvalue weighted by Gasteiger charge is 2.33. The summed E-state index contributed by atoms with van der Waals surface area (Å²) in [6.45, 7) is 3.70. The highest BCUT2D eigenvalue weighted by atomic mass is 79.9. The second kappa shape index (κ2) is 10.4. The Morgan fingerprint density at radius 1 is 1.31 bits per heavy atom.